The largest absolute Gasteiger partial charge is 0.0719 e. The summed E-state index contributed by atoms with van der Waals surface area (Å²) in [5.74, 6) is 0.557. The summed E-state index contributed by atoms with van der Waals surface area (Å²) in [6.45, 7) is 16.8. The van der Waals surface area contributed by atoms with Gasteiger partial charge in [0.15, 0.2) is 0 Å². The van der Waals surface area contributed by atoms with Crippen LogP contribution in [0.4, 0.5) is 0 Å². The zero-order valence-corrected chi connectivity index (χ0v) is 21.8. The Hall–Kier alpha value is -0.690. The third kappa shape index (κ3) is 2.49. The maximum absolute atomic E-state index is 2.58. The van der Waals surface area contributed by atoms with Crippen molar-refractivity contribution in [2.75, 3.05) is 0 Å². The molecule has 0 fully saturated rings. The molecule has 0 heterocycles. The zero-order chi connectivity index (χ0) is 18.9. The van der Waals surface area contributed by atoms with Crippen LogP contribution in [0.2, 0.25) is 0 Å². The van der Waals surface area contributed by atoms with Crippen molar-refractivity contribution in [2.45, 2.75) is 79.6 Å². The van der Waals surface area contributed by atoms with Gasteiger partial charge < -0.3 is 0 Å². The van der Waals surface area contributed by atoms with Crippen LogP contribution < -0.4 is 0 Å². The van der Waals surface area contributed by atoms with Gasteiger partial charge in [-0.3, -0.25) is 0 Å². The summed E-state index contributed by atoms with van der Waals surface area (Å²) in [5, 5.41) is 0. The minimum absolute atomic E-state index is 0. The third-order valence-corrected chi connectivity index (χ3v) is 8.43. The molecule has 0 N–H and O–H groups in total. The molecule has 0 nitrogen and oxygen atoms in total. The molecule has 1 aromatic carbocycles. The Morgan fingerprint density at radius 2 is 1.48 bits per heavy atom. The Labute approximate surface area is 185 Å². The molecular formula is C26H34Hf. The Morgan fingerprint density at radius 1 is 0.889 bits per heavy atom. The van der Waals surface area contributed by atoms with Crippen molar-refractivity contribution in [3.8, 4) is 0 Å². The molecule has 0 saturated carbocycles. The normalized spacial score (nSPS) is 25.8. The van der Waals surface area contributed by atoms with Gasteiger partial charge in [-0.2, -0.15) is 0 Å². The summed E-state index contributed by atoms with van der Waals surface area (Å²) in [6.07, 6.45) is 10.2. The van der Waals surface area contributed by atoms with Crippen molar-refractivity contribution >= 4 is 6.08 Å². The summed E-state index contributed by atoms with van der Waals surface area (Å²) in [5.41, 5.74) is 12.7. The van der Waals surface area contributed by atoms with Crippen molar-refractivity contribution in [3.05, 3.63) is 62.8 Å². The van der Waals surface area contributed by atoms with E-state index in [9.17, 15) is 0 Å². The van der Waals surface area contributed by atoms with Crippen molar-refractivity contribution in [1.82, 2.24) is 0 Å². The Morgan fingerprint density at radius 3 is 2.07 bits per heavy atom. The Balaban J connectivity index is 0.00000210. The van der Waals surface area contributed by atoms with E-state index < -0.39 is 0 Å². The molecule has 1 heteroatoms. The van der Waals surface area contributed by atoms with Gasteiger partial charge >= 0.3 is 0 Å². The standard InChI is InChI=1S/C26H34.Hf/c1-16(2)26(25(7)19(5)17(3)18(4)20(25)6)15-14-22-13-12-21-10-8-9-11-23(21)24(22)26;/h12-16H,8-11H2,1-7H3;. The van der Waals surface area contributed by atoms with Gasteiger partial charge in [0.05, 0.1) is 0 Å². The molecule has 142 valence electrons. The van der Waals surface area contributed by atoms with E-state index in [2.05, 4.69) is 72.8 Å². The van der Waals surface area contributed by atoms with Crippen LogP contribution in [0.5, 0.6) is 0 Å². The summed E-state index contributed by atoms with van der Waals surface area (Å²) in [7, 11) is 0. The number of aryl methyl sites for hydroxylation is 1. The van der Waals surface area contributed by atoms with Crippen LogP contribution in [0, 0.1) is 11.3 Å². The molecule has 3 aliphatic carbocycles. The maximum Gasteiger partial charge on any atom is 0.0295 e. The molecule has 1 atom stereocenters. The summed E-state index contributed by atoms with van der Waals surface area (Å²) < 4.78 is 0. The van der Waals surface area contributed by atoms with Gasteiger partial charge in [-0.25, -0.2) is 0 Å². The minimum Gasteiger partial charge on any atom is -0.0719 e. The monoisotopic (exact) mass is 526 g/mol. The fraction of sp³-hybridized carbons (Fsp3) is 0.538. The van der Waals surface area contributed by atoms with Gasteiger partial charge in [0.1, 0.15) is 0 Å². The van der Waals surface area contributed by atoms with E-state index in [1.807, 2.05) is 0 Å². The second kappa shape index (κ2) is 6.97. The topological polar surface area (TPSA) is 0 Å². The van der Waals surface area contributed by atoms with Crippen molar-refractivity contribution < 1.29 is 25.8 Å². The predicted molar refractivity (Wildman–Crippen MR) is 113 cm³/mol. The fourth-order valence-electron chi connectivity index (χ4n) is 6.47. The molecule has 3 aliphatic rings. The minimum atomic E-state index is 0. The number of allylic oxidation sites excluding steroid dienone is 5. The van der Waals surface area contributed by atoms with Crippen LogP contribution in [0.1, 0.15) is 83.6 Å². The smallest absolute Gasteiger partial charge is 0.0295 e. The van der Waals surface area contributed by atoms with E-state index in [0.29, 0.717) is 5.92 Å². The summed E-state index contributed by atoms with van der Waals surface area (Å²) >= 11 is 0. The number of benzene rings is 1. The van der Waals surface area contributed by atoms with Gasteiger partial charge in [0, 0.05) is 36.7 Å². The van der Waals surface area contributed by atoms with Crippen LogP contribution >= 0.6 is 0 Å². The van der Waals surface area contributed by atoms with E-state index >= 15 is 0 Å². The Kier molecular flexibility index (Phi) is 5.43. The molecule has 0 amide bonds. The second-order valence-electron chi connectivity index (χ2n) is 9.36. The molecule has 0 aliphatic heterocycles. The third-order valence-electron chi connectivity index (χ3n) is 8.43. The summed E-state index contributed by atoms with van der Waals surface area (Å²) in [6, 6.07) is 4.81. The molecule has 1 unspecified atom stereocenters. The number of hydrogen-bond acceptors (Lipinski definition) is 0. The van der Waals surface area contributed by atoms with Crippen LogP contribution in [-0.4, -0.2) is 0 Å². The fourth-order valence-corrected chi connectivity index (χ4v) is 6.47. The van der Waals surface area contributed by atoms with E-state index in [-0.39, 0.29) is 36.7 Å². The van der Waals surface area contributed by atoms with E-state index in [0.717, 1.165) is 0 Å². The van der Waals surface area contributed by atoms with Gasteiger partial charge in [-0.1, -0.05) is 56.2 Å². The van der Waals surface area contributed by atoms with Gasteiger partial charge in [0.2, 0.25) is 0 Å². The first kappa shape index (κ1) is 21.0. The molecule has 0 spiro atoms. The van der Waals surface area contributed by atoms with Gasteiger partial charge in [-0.05, 0) is 92.7 Å². The molecule has 27 heavy (non-hydrogen) atoms. The molecule has 1 aromatic rings. The Bertz CT molecular complexity index is 854. The van der Waals surface area contributed by atoms with Crippen LogP contribution in [-0.2, 0) is 44.1 Å². The summed E-state index contributed by atoms with van der Waals surface area (Å²) in [4.78, 5) is 0. The van der Waals surface area contributed by atoms with E-state index in [1.54, 1.807) is 27.8 Å². The SMILES string of the molecule is CC1=C(C)C(C)(C2(C(C)C)C=Cc3ccc4c(c32)CCCC4)C(C)=C1C.[Hf]. The van der Waals surface area contributed by atoms with E-state index in [4.69, 9.17) is 0 Å². The molecule has 0 aromatic heterocycles. The molecule has 0 bridgehead atoms. The molecule has 4 rings (SSSR count). The van der Waals surface area contributed by atoms with Crippen molar-refractivity contribution in [2.24, 2.45) is 11.3 Å². The average Bonchev–Trinajstić information content (AvgIpc) is 3.11. The average molecular weight is 525 g/mol. The second-order valence-corrected chi connectivity index (χ2v) is 9.36. The predicted octanol–water partition coefficient (Wildman–Crippen LogP) is 7.18. The number of fused-ring (bicyclic) bond motifs is 3. The quantitative estimate of drug-likeness (QED) is 0.360. The number of hydrogen-bond donors (Lipinski definition) is 0. The van der Waals surface area contributed by atoms with Crippen LogP contribution in [0.25, 0.3) is 6.08 Å². The first-order valence-electron chi connectivity index (χ1n) is 10.5. The van der Waals surface area contributed by atoms with Crippen molar-refractivity contribution in [1.29, 1.82) is 0 Å². The molecule has 0 saturated heterocycles. The van der Waals surface area contributed by atoms with Crippen LogP contribution in [0.3, 0.4) is 0 Å². The van der Waals surface area contributed by atoms with Crippen molar-refractivity contribution in [3.63, 3.8) is 0 Å². The first-order valence-corrected chi connectivity index (χ1v) is 10.5. The molecule has 0 radical (unpaired) electrons. The first-order chi connectivity index (χ1) is 12.3. The maximum atomic E-state index is 2.58. The van der Waals surface area contributed by atoms with Crippen LogP contribution in [0.15, 0.2) is 40.5 Å². The zero-order valence-electron chi connectivity index (χ0n) is 18.2. The number of rotatable bonds is 2. The van der Waals surface area contributed by atoms with Gasteiger partial charge in [0.25, 0.3) is 0 Å². The molecular weight excluding hydrogens is 491 g/mol. The van der Waals surface area contributed by atoms with Gasteiger partial charge in [-0.15, -0.1) is 0 Å². The van der Waals surface area contributed by atoms with E-state index in [1.165, 1.54) is 42.4 Å².